The van der Waals surface area contributed by atoms with Crippen molar-refractivity contribution in [2.45, 2.75) is 0 Å². The zero-order valence-corrected chi connectivity index (χ0v) is 22.6. The highest BCUT2D eigenvalue weighted by atomic mass is 15.2. The van der Waals surface area contributed by atoms with Crippen LogP contribution >= 0.6 is 0 Å². The van der Waals surface area contributed by atoms with Crippen LogP contribution in [0.3, 0.4) is 0 Å². The Labute approximate surface area is 242 Å². The first-order valence-corrected chi connectivity index (χ1v) is 14.2. The summed E-state index contributed by atoms with van der Waals surface area (Å²) in [6, 6.07) is 47.8. The average molecular weight is 537 g/mol. The average Bonchev–Trinajstić information content (AvgIpc) is 3.40. The fourth-order valence-electron chi connectivity index (χ4n) is 6.62. The van der Waals surface area contributed by atoms with E-state index in [0.717, 1.165) is 34.0 Å². The lowest BCUT2D eigenvalue weighted by Gasteiger charge is -2.32. The molecule has 0 saturated carbocycles. The topological polar surface area (TPSA) is 34.0 Å². The van der Waals surface area contributed by atoms with Crippen molar-refractivity contribution in [2.75, 3.05) is 4.90 Å². The molecule has 0 saturated heterocycles. The number of para-hydroxylation sites is 3. The zero-order valence-electron chi connectivity index (χ0n) is 22.6. The molecule has 4 nitrogen and oxygen atoms in total. The Bertz CT molecular complexity index is 2250. The van der Waals surface area contributed by atoms with Gasteiger partial charge in [0.1, 0.15) is 12.1 Å². The van der Waals surface area contributed by atoms with Gasteiger partial charge in [-0.25, -0.2) is 9.97 Å². The summed E-state index contributed by atoms with van der Waals surface area (Å²) >= 11 is 0. The minimum atomic E-state index is 0.898. The van der Waals surface area contributed by atoms with E-state index in [-0.39, 0.29) is 0 Å². The van der Waals surface area contributed by atoms with Gasteiger partial charge >= 0.3 is 0 Å². The Hall–Kier alpha value is -5.74. The summed E-state index contributed by atoms with van der Waals surface area (Å²) in [5, 5.41) is 4.95. The molecule has 42 heavy (non-hydrogen) atoms. The zero-order chi connectivity index (χ0) is 27.6. The van der Waals surface area contributed by atoms with Gasteiger partial charge < -0.3 is 4.57 Å². The van der Waals surface area contributed by atoms with Gasteiger partial charge in [0.05, 0.1) is 16.7 Å². The van der Waals surface area contributed by atoms with E-state index < -0.39 is 0 Å². The van der Waals surface area contributed by atoms with Crippen LogP contribution in [-0.2, 0) is 0 Å². The van der Waals surface area contributed by atoms with Gasteiger partial charge in [-0.15, -0.1) is 0 Å². The lowest BCUT2D eigenvalue weighted by atomic mass is 9.90. The van der Waals surface area contributed by atoms with Crippen molar-refractivity contribution in [2.24, 2.45) is 0 Å². The molecule has 3 heterocycles. The lowest BCUT2D eigenvalue weighted by molar-refractivity contribution is 1.11. The Balaban J connectivity index is 1.21. The maximum absolute atomic E-state index is 4.77. The van der Waals surface area contributed by atoms with Gasteiger partial charge in [-0.2, -0.15) is 0 Å². The number of hydrogen-bond acceptors (Lipinski definition) is 3. The third-order valence-corrected chi connectivity index (χ3v) is 8.44. The van der Waals surface area contributed by atoms with E-state index >= 15 is 0 Å². The Morgan fingerprint density at radius 3 is 2.00 bits per heavy atom. The predicted molar refractivity (Wildman–Crippen MR) is 173 cm³/mol. The molecule has 0 amide bonds. The predicted octanol–water partition coefficient (Wildman–Crippen LogP) is 9.84. The van der Waals surface area contributed by atoms with E-state index in [4.69, 9.17) is 4.98 Å². The van der Waals surface area contributed by atoms with Crippen LogP contribution in [0, 0.1) is 0 Å². The van der Waals surface area contributed by atoms with Crippen LogP contribution < -0.4 is 4.90 Å². The molecule has 6 aromatic carbocycles. The van der Waals surface area contributed by atoms with Gasteiger partial charge in [0.25, 0.3) is 0 Å². The van der Waals surface area contributed by atoms with Crippen LogP contribution in [0.15, 0.2) is 146 Å². The van der Waals surface area contributed by atoms with E-state index in [1.165, 1.54) is 43.7 Å². The summed E-state index contributed by atoms with van der Waals surface area (Å²) in [4.78, 5) is 11.4. The number of rotatable bonds is 3. The third kappa shape index (κ3) is 3.29. The van der Waals surface area contributed by atoms with Gasteiger partial charge in [-0.05, 0) is 76.7 Å². The molecule has 0 N–H and O–H groups in total. The van der Waals surface area contributed by atoms with E-state index in [1.54, 1.807) is 6.33 Å². The summed E-state index contributed by atoms with van der Waals surface area (Å²) in [7, 11) is 0. The molecule has 0 bridgehead atoms. The molecule has 9 rings (SSSR count). The highest BCUT2D eigenvalue weighted by Crippen LogP contribution is 2.50. The fraction of sp³-hybridized carbons (Fsp3) is 0. The highest BCUT2D eigenvalue weighted by Gasteiger charge is 2.27. The Morgan fingerprint density at radius 2 is 1.24 bits per heavy atom. The van der Waals surface area contributed by atoms with Crippen LogP contribution in [0.4, 0.5) is 17.2 Å². The molecule has 4 heteroatoms. The molecular weight excluding hydrogens is 512 g/mol. The quantitative estimate of drug-likeness (QED) is 0.225. The first-order valence-electron chi connectivity index (χ1n) is 14.2. The van der Waals surface area contributed by atoms with Crippen LogP contribution in [-0.4, -0.2) is 14.5 Å². The summed E-state index contributed by atoms with van der Waals surface area (Å²) in [6.45, 7) is 0. The Morgan fingerprint density at radius 1 is 0.524 bits per heavy atom. The summed E-state index contributed by atoms with van der Waals surface area (Å²) in [5.74, 6) is 0.898. The second-order valence-corrected chi connectivity index (χ2v) is 10.7. The first kappa shape index (κ1) is 23.0. The van der Waals surface area contributed by atoms with E-state index in [0.29, 0.717) is 0 Å². The smallest absolute Gasteiger partial charge is 0.148 e. The van der Waals surface area contributed by atoms with E-state index in [2.05, 4.69) is 142 Å². The molecule has 1 aliphatic heterocycles. The molecule has 0 spiro atoms. The van der Waals surface area contributed by atoms with Gasteiger partial charge in [0.2, 0.25) is 0 Å². The molecule has 0 atom stereocenters. The summed E-state index contributed by atoms with van der Waals surface area (Å²) < 4.78 is 2.36. The number of aromatic nitrogens is 3. The Kier molecular flexibility index (Phi) is 4.87. The monoisotopic (exact) mass is 536 g/mol. The van der Waals surface area contributed by atoms with E-state index in [9.17, 15) is 0 Å². The second-order valence-electron chi connectivity index (χ2n) is 10.7. The van der Waals surface area contributed by atoms with Crippen molar-refractivity contribution in [1.29, 1.82) is 0 Å². The molecule has 2 aromatic heterocycles. The number of benzene rings is 6. The normalized spacial score (nSPS) is 12.2. The maximum Gasteiger partial charge on any atom is 0.148 e. The minimum Gasteiger partial charge on any atom is -0.309 e. The van der Waals surface area contributed by atoms with Crippen molar-refractivity contribution in [3.05, 3.63) is 146 Å². The highest BCUT2D eigenvalue weighted by molar-refractivity contribution is 6.14. The largest absolute Gasteiger partial charge is 0.309 e. The fourth-order valence-corrected chi connectivity index (χ4v) is 6.62. The van der Waals surface area contributed by atoms with Crippen molar-refractivity contribution in [3.63, 3.8) is 0 Å². The molecule has 196 valence electrons. The van der Waals surface area contributed by atoms with Crippen LogP contribution in [0.5, 0.6) is 0 Å². The second kappa shape index (κ2) is 8.88. The van der Waals surface area contributed by atoms with Crippen molar-refractivity contribution < 1.29 is 0 Å². The third-order valence-electron chi connectivity index (χ3n) is 8.44. The van der Waals surface area contributed by atoms with Crippen LogP contribution in [0.2, 0.25) is 0 Å². The number of hydrogen-bond donors (Lipinski definition) is 0. The standard InChI is InChI=1S/C38H24N4/c1-2-10-28(11-3-1)42-36-16-8-9-26-21-27(22-32(37(26)36)33-23-39-24-40-38(33)42)25-17-19-29(20-18-25)41-34-14-6-4-12-30(34)31-13-5-7-15-35(31)41/h1-24H. The van der Waals surface area contributed by atoms with E-state index in [1.807, 2.05) is 12.3 Å². The minimum absolute atomic E-state index is 0.898. The number of fused-ring (bicyclic) bond motifs is 5. The van der Waals surface area contributed by atoms with Gasteiger partial charge in [0.15, 0.2) is 0 Å². The van der Waals surface area contributed by atoms with Crippen molar-refractivity contribution >= 4 is 49.8 Å². The molecule has 0 aliphatic carbocycles. The van der Waals surface area contributed by atoms with Crippen molar-refractivity contribution in [1.82, 2.24) is 14.5 Å². The maximum atomic E-state index is 4.77. The van der Waals surface area contributed by atoms with Gasteiger partial charge in [-0.1, -0.05) is 78.9 Å². The molecule has 0 radical (unpaired) electrons. The van der Waals surface area contributed by atoms with Crippen LogP contribution in [0.25, 0.3) is 60.5 Å². The molecule has 0 fully saturated rings. The molecule has 8 aromatic rings. The number of nitrogens with zero attached hydrogens (tertiary/aromatic N) is 4. The van der Waals surface area contributed by atoms with Gasteiger partial charge in [-0.3, -0.25) is 4.90 Å². The lowest BCUT2D eigenvalue weighted by Crippen LogP contribution is -2.16. The first-order chi connectivity index (χ1) is 20.8. The summed E-state index contributed by atoms with van der Waals surface area (Å²) in [6.07, 6.45) is 3.58. The van der Waals surface area contributed by atoms with Gasteiger partial charge in [0, 0.05) is 39.3 Å². The molecular formula is C38H24N4. The number of anilines is 3. The summed E-state index contributed by atoms with van der Waals surface area (Å²) in [5.41, 5.74) is 10.3. The molecule has 0 unspecified atom stereocenters. The SMILES string of the molecule is c1ccc(N2c3ncncc3-c3cc(-c4ccc(-n5c6ccccc6c6ccccc65)cc4)cc4cccc2c34)cc1. The van der Waals surface area contributed by atoms with Crippen LogP contribution in [0.1, 0.15) is 0 Å². The van der Waals surface area contributed by atoms with Crippen molar-refractivity contribution in [3.8, 4) is 27.9 Å². The molecule has 1 aliphatic rings.